The molecule has 0 aliphatic rings. The van der Waals surface area contributed by atoms with Crippen LogP contribution in [-0.4, -0.2) is 42.3 Å². The molecule has 0 aliphatic carbocycles. The van der Waals surface area contributed by atoms with Crippen LogP contribution in [0.4, 0.5) is 4.39 Å². The molecule has 0 radical (unpaired) electrons. The second-order valence-electron chi connectivity index (χ2n) is 4.77. The van der Waals surface area contributed by atoms with Crippen molar-refractivity contribution in [3.05, 3.63) is 35.1 Å². The largest absolute Gasteiger partial charge is 0.478 e. The Labute approximate surface area is 112 Å². The summed E-state index contributed by atoms with van der Waals surface area (Å²) in [5.74, 6) is -1.44. The zero-order valence-corrected chi connectivity index (χ0v) is 11.5. The monoisotopic (exact) mass is 269 g/mol. The lowest BCUT2D eigenvalue weighted by atomic mass is 10.1. The van der Waals surface area contributed by atoms with E-state index >= 15 is 0 Å². The molecule has 5 heteroatoms. The Balaban J connectivity index is 2.60. The molecule has 0 spiro atoms. The number of benzene rings is 1. The molecule has 1 N–H and O–H groups in total. The highest BCUT2D eigenvalue weighted by atomic mass is 19.1. The number of carboxylic acid groups (broad SMARTS) is 1. The molecule has 1 aromatic rings. The van der Waals surface area contributed by atoms with Gasteiger partial charge < -0.3 is 9.84 Å². The summed E-state index contributed by atoms with van der Waals surface area (Å²) in [6.07, 6.45) is 0.167. The van der Waals surface area contributed by atoms with E-state index in [1.165, 1.54) is 18.2 Å². The summed E-state index contributed by atoms with van der Waals surface area (Å²) in [6, 6.07) is 3.83. The molecular formula is C14H20FNO3. The van der Waals surface area contributed by atoms with Crippen molar-refractivity contribution in [2.45, 2.75) is 26.5 Å². The Kier molecular flexibility index (Phi) is 5.92. The van der Waals surface area contributed by atoms with Crippen LogP contribution in [0.2, 0.25) is 0 Å². The van der Waals surface area contributed by atoms with Gasteiger partial charge in [-0.2, -0.15) is 0 Å². The van der Waals surface area contributed by atoms with E-state index in [1.807, 2.05) is 25.8 Å². The van der Waals surface area contributed by atoms with Crippen molar-refractivity contribution in [2.24, 2.45) is 0 Å². The van der Waals surface area contributed by atoms with Crippen molar-refractivity contribution >= 4 is 5.97 Å². The van der Waals surface area contributed by atoms with Crippen LogP contribution in [0.5, 0.6) is 0 Å². The zero-order chi connectivity index (χ0) is 14.4. The molecular weight excluding hydrogens is 249 g/mol. The van der Waals surface area contributed by atoms with Gasteiger partial charge in [-0.15, -0.1) is 0 Å². The van der Waals surface area contributed by atoms with Gasteiger partial charge in [0.2, 0.25) is 0 Å². The number of halogens is 1. The summed E-state index contributed by atoms with van der Waals surface area (Å²) >= 11 is 0. The number of carbonyl (C=O) groups is 1. The summed E-state index contributed by atoms with van der Waals surface area (Å²) in [5.41, 5.74) is 0.482. The smallest absolute Gasteiger partial charge is 0.335 e. The molecule has 0 aliphatic heterocycles. The van der Waals surface area contributed by atoms with Gasteiger partial charge in [-0.05, 0) is 39.1 Å². The maximum atomic E-state index is 13.6. The van der Waals surface area contributed by atoms with Gasteiger partial charge in [0.05, 0.1) is 18.3 Å². The Morgan fingerprint density at radius 2 is 2.16 bits per heavy atom. The van der Waals surface area contributed by atoms with Gasteiger partial charge in [0, 0.05) is 18.7 Å². The molecule has 0 saturated carbocycles. The molecule has 4 nitrogen and oxygen atoms in total. The first-order valence-electron chi connectivity index (χ1n) is 6.22. The average molecular weight is 269 g/mol. The van der Waals surface area contributed by atoms with Gasteiger partial charge in [0.15, 0.2) is 0 Å². The number of ether oxygens (including phenoxy) is 1. The van der Waals surface area contributed by atoms with E-state index in [-0.39, 0.29) is 17.5 Å². The van der Waals surface area contributed by atoms with Crippen LogP contribution in [0.15, 0.2) is 18.2 Å². The van der Waals surface area contributed by atoms with Gasteiger partial charge >= 0.3 is 5.97 Å². The molecule has 19 heavy (non-hydrogen) atoms. The second kappa shape index (κ2) is 7.21. The lowest BCUT2D eigenvalue weighted by Gasteiger charge is -2.18. The molecule has 0 amide bonds. The molecule has 106 valence electrons. The summed E-state index contributed by atoms with van der Waals surface area (Å²) < 4.78 is 19.0. The van der Waals surface area contributed by atoms with Crippen molar-refractivity contribution in [3.8, 4) is 0 Å². The minimum Gasteiger partial charge on any atom is -0.478 e. The van der Waals surface area contributed by atoms with Crippen LogP contribution in [0.3, 0.4) is 0 Å². The highest BCUT2D eigenvalue weighted by molar-refractivity contribution is 5.87. The molecule has 0 heterocycles. The summed E-state index contributed by atoms with van der Waals surface area (Å²) in [6.45, 7) is 5.49. The molecule has 0 aromatic heterocycles. The van der Waals surface area contributed by atoms with E-state index in [2.05, 4.69) is 0 Å². The third kappa shape index (κ3) is 5.36. The van der Waals surface area contributed by atoms with Crippen LogP contribution in [0.1, 0.15) is 29.8 Å². The van der Waals surface area contributed by atoms with E-state index < -0.39 is 5.97 Å². The first-order valence-corrected chi connectivity index (χ1v) is 6.22. The molecule has 0 bridgehead atoms. The molecule has 0 saturated heterocycles. The zero-order valence-electron chi connectivity index (χ0n) is 11.5. The SMILES string of the molecule is CC(C)OCCN(C)Cc1cc(C(=O)O)ccc1F. The summed E-state index contributed by atoms with van der Waals surface area (Å²) in [4.78, 5) is 12.7. The normalized spacial score (nSPS) is 11.3. The Bertz CT molecular complexity index is 435. The standard InChI is InChI=1S/C14H20FNO3/c1-10(2)19-7-6-16(3)9-12-8-11(14(17)18)4-5-13(12)15/h4-5,8,10H,6-7,9H2,1-3H3,(H,17,18). The number of nitrogens with zero attached hydrogens (tertiary/aromatic N) is 1. The fourth-order valence-corrected chi connectivity index (χ4v) is 1.64. The van der Waals surface area contributed by atoms with Crippen LogP contribution in [-0.2, 0) is 11.3 Å². The van der Waals surface area contributed by atoms with Crippen molar-refractivity contribution < 1.29 is 19.0 Å². The number of likely N-dealkylation sites (N-methyl/N-ethyl adjacent to an activating group) is 1. The summed E-state index contributed by atoms with van der Waals surface area (Å²) in [7, 11) is 1.84. The van der Waals surface area contributed by atoms with Crippen molar-refractivity contribution in [1.82, 2.24) is 4.90 Å². The third-order valence-corrected chi connectivity index (χ3v) is 2.66. The highest BCUT2D eigenvalue weighted by Gasteiger charge is 2.10. The van der Waals surface area contributed by atoms with Crippen LogP contribution < -0.4 is 0 Å². The first kappa shape index (κ1) is 15.6. The Hall–Kier alpha value is -1.46. The van der Waals surface area contributed by atoms with E-state index in [1.54, 1.807) is 0 Å². The number of hydrogen-bond acceptors (Lipinski definition) is 3. The Morgan fingerprint density at radius 3 is 2.74 bits per heavy atom. The summed E-state index contributed by atoms with van der Waals surface area (Å²) in [5, 5.41) is 8.88. The van der Waals surface area contributed by atoms with E-state index in [0.717, 1.165) is 0 Å². The van der Waals surface area contributed by atoms with E-state index in [0.29, 0.717) is 25.3 Å². The lowest BCUT2D eigenvalue weighted by molar-refractivity contribution is 0.0624. The minimum atomic E-state index is -1.05. The number of carboxylic acids is 1. The second-order valence-corrected chi connectivity index (χ2v) is 4.77. The van der Waals surface area contributed by atoms with Crippen LogP contribution in [0.25, 0.3) is 0 Å². The van der Waals surface area contributed by atoms with Gasteiger partial charge in [-0.1, -0.05) is 0 Å². The Morgan fingerprint density at radius 1 is 1.47 bits per heavy atom. The molecule has 1 rings (SSSR count). The molecule has 0 unspecified atom stereocenters. The fourth-order valence-electron chi connectivity index (χ4n) is 1.64. The highest BCUT2D eigenvalue weighted by Crippen LogP contribution is 2.12. The van der Waals surface area contributed by atoms with Crippen molar-refractivity contribution in [3.63, 3.8) is 0 Å². The third-order valence-electron chi connectivity index (χ3n) is 2.66. The van der Waals surface area contributed by atoms with Crippen molar-refractivity contribution in [2.75, 3.05) is 20.2 Å². The van der Waals surface area contributed by atoms with Crippen LogP contribution in [0, 0.1) is 5.82 Å². The predicted octanol–water partition coefficient (Wildman–Crippen LogP) is 2.38. The maximum Gasteiger partial charge on any atom is 0.335 e. The lowest BCUT2D eigenvalue weighted by Crippen LogP contribution is -2.24. The van der Waals surface area contributed by atoms with Gasteiger partial charge in [0.1, 0.15) is 5.82 Å². The average Bonchev–Trinajstić information content (AvgIpc) is 2.31. The number of hydrogen-bond donors (Lipinski definition) is 1. The topological polar surface area (TPSA) is 49.8 Å². The predicted molar refractivity (Wildman–Crippen MR) is 70.8 cm³/mol. The van der Waals surface area contributed by atoms with E-state index in [9.17, 15) is 9.18 Å². The van der Waals surface area contributed by atoms with Crippen LogP contribution >= 0.6 is 0 Å². The van der Waals surface area contributed by atoms with Gasteiger partial charge in [0.25, 0.3) is 0 Å². The minimum absolute atomic E-state index is 0.100. The quantitative estimate of drug-likeness (QED) is 0.825. The van der Waals surface area contributed by atoms with E-state index in [4.69, 9.17) is 9.84 Å². The fraction of sp³-hybridized carbons (Fsp3) is 0.500. The number of rotatable bonds is 7. The van der Waals surface area contributed by atoms with Gasteiger partial charge in [-0.3, -0.25) is 4.90 Å². The molecule has 0 atom stereocenters. The van der Waals surface area contributed by atoms with Crippen molar-refractivity contribution in [1.29, 1.82) is 0 Å². The first-order chi connectivity index (χ1) is 8.90. The maximum absolute atomic E-state index is 13.6. The molecule has 0 fully saturated rings. The molecule has 1 aromatic carbocycles. The number of aromatic carboxylic acids is 1. The van der Waals surface area contributed by atoms with Gasteiger partial charge in [-0.25, -0.2) is 9.18 Å².